The Morgan fingerprint density at radius 3 is 1.50 bits per heavy atom. The van der Waals surface area contributed by atoms with Gasteiger partial charge < -0.3 is 20.4 Å². The van der Waals surface area contributed by atoms with Crippen molar-refractivity contribution in [3.63, 3.8) is 0 Å². The zero-order valence-corrected chi connectivity index (χ0v) is 29.4. The highest BCUT2D eigenvalue weighted by atomic mass is 16.3. The van der Waals surface area contributed by atoms with Crippen LogP contribution in [0.5, 0.6) is 17.2 Å². The molecule has 0 amide bonds. The molecule has 5 aromatic rings. The maximum Gasteiger partial charge on any atom is 0.118 e. The molecule has 0 heterocycles. The molecule has 4 N–H and O–H groups in total. The Kier molecular flexibility index (Phi) is 8.91. The number of aliphatic hydroxyl groups is 1. The van der Waals surface area contributed by atoms with Gasteiger partial charge in [0.05, 0.1) is 6.10 Å². The fourth-order valence-corrected chi connectivity index (χ4v) is 7.92. The van der Waals surface area contributed by atoms with Crippen LogP contribution in [-0.2, 0) is 0 Å². The fourth-order valence-electron chi connectivity index (χ4n) is 7.92. The van der Waals surface area contributed by atoms with Crippen LogP contribution in [0.4, 0.5) is 0 Å². The molecule has 0 aliphatic heterocycles. The van der Waals surface area contributed by atoms with Crippen molar-refractivity contribution in [1.29, 1.82) is 0 Å². The lowest BCUT2D eigenvalue weighted by Crippen LogP contribution is -2.29. The molecule has 0 radical (unpaired) electrons. The molecule has 0 saturated carbocycles. The number of allylic oxidation sites excluding steroid dienone is 1. The summed E-state index contributed by atoms with van der Waals surface area (Å²) in [6, 6.07) is 25.4. The van der Waals surface area contributed by atoms with Crippen LogP contribution in [0.3, 0.4) is 0 Å². The fraction of sp³-hybridized carbons (Fsp3) is 0.318. The SMILES string of the molecule is CC1=CC(O)C(C)CC1C(c1ccc2cc(C(c3cc(C)c(O)cc3C)c3cc(C)c(O)cc3C)ccc2c1)c1cc(C)c(O)cc1C. The Labute approximate surface area is 285 Å². The molecule has 0 aromatic heterocycles. The molecular weight excluding hydrogens is 592 g/mol. The first-order valence-corrected chi connectivity index (χ1v) is 17.0. The van der Waals surface area contributed by atoms with Crippen LogP contribution in [0, 0.1) is 53.4 Å². The van der Waals surface area contributed by atoms with Crippen LogP contribution in [0.1, 0.15) is 93.3 Å². The molecule has 4 heteroatoms. The van der Waals surface area contributed by atoms with Gasteiger partial charge in [-0.1, -0.05) is 73.2 Å². The van der Waals surface area contributed by atoms with E-state index in [4.69, 9.17) is 0 Å². The van der Waals surface area contributed by atoms with Crippen molar-refractivity contribution in [3.8, 4) is 17.2 Å². The molecule has 248 valence electrons. The first-order chi connectivity index (χ1) is 22.7. The minimum atomic E-state index is -0.436. The van der Waals surface area contributed by atoms with Gasteiger partial charge in [0.2, 0.25) is 0 Å². The number of aromatic hydroxyl groups is 3. The van der Waals surface area contributed by atoms with Gasteiger partial charge in [0.1, 0.15) is 17.2 Å². The number of aryl methyl sites for hydroxylation is 6. The smallest absolute Gasteiger partial charge is 0.118 e. The lowest BCUT2D eigenvalue weighted by Gasteiger charge is -2.37. The molecule has 0 spiro atoms. The Bertz CT molecular complexity index is 2010. The van der Waals surface area contributed by atoms with Crippen LogP contribution >= 0.6 is 0 Å². The second kappa shape index (κ2) is 12.8. The number of hydrogen-bond acceptors (Lipinski definition) is 4. The Hall–Kier alpha value is -4.54. The van der Waals surface area contributed by atoms with Gasteiger partial charge in [-0.05, 0) is 157 Å². The number of fused-ring (bicyclic) bond motifs is 1. The van der Waals surface area contributed by atoms with Crippen molar-refractivity contribution in [2.45, 2.75) is 79.8 Å². The number of rotatable bonds is 6. The topological polar surface area (TPSA) is 80.9 Å². The van der Waals surface area contributed by atoms with Crippen LogP contribution in [0.15, 0.2) is 84.4 Å². The summed E-state index contributed by atoms with van der Waals surface area (Å²) in [4.78, 5) is 0. The van der Waals surface area contributed by atoms with Crippen molar-refractivity contribution >= 4 is 10.8 Å². The van der Waals surface area contributed by atoms with Crippen molar-refractivity contribution in [3.05, 3.63) is 146 Å². The highest BCUT2D eigenvalue weighted by Gasteiger charge is 2.34. The van der Waals surface area contributed by atoms with Gasteiger partial charge in [0, 0.05) is 11.8 Å². The molecule has 0 fully saturated rings. The summed E-state index contributed by atoms with van der Waals surface area (Å²) in [5, 5.41) is 44.5. The zero-order valence-electron chi connectivity index (χ0n) is 29.4. The summed E-state index contributed by atoms with van der Waals surface area (Å²) in [6.45, 7) is 16.3. The van der Waals surface area contributed by atoms with Crippen LogP contribution in [0.25, 0.3) is 10.8 Å². The van der Waals surface area contributed by atoms with Gasteiger partial charge in [-0.25, -0.2) is 0 Å². The quantitative estimate of drug-likeness (QED) is 0.110. The molecule has 4 unspecified atom stereocenters. The average molecular weight is 641 g/mol. The van der Waals surface area contributed by atoms with Gasteiger partial charge in [0.25, 0.3) is 0 Å². The van der Waals surface area contributed by atoms with Crippen molar-refractivity contribution < 1.29 is 20.4 Å². The van der Waals surface area contributed by atoms with E-state index in [0.717, 1.165) is 67.3 Å². The second-order valence-corrected chi connectivity index (χ2v) is 14.5. The summed E-state index contributed by atoms with van der Waals surface area (Å²) in [7, 11) is 0. The van der Waals surface area contributed by atoms with Crippen molar-refractivity contribution in [2.24, 2.45) is 11.8 Å². The van der Waals surface area contributed by atoms with Gasteiger partial charge in [-0.15, -0.1) is 0 Å². The van der Waals surface area contributed by atoms with Crippen molar-refractivity contribution in [1.82, 2.24) is 0 Å². The molecular formula is C44H48O4. The summed E-state index contributed by atoms with van der Waals surface area (Å²) in [6.07, 6.45) is 2.47. The maximum absolute atomic E-state index is 10.7. The monoisotopic (exact) mass is 640 g/mol. The van der Waals surface area contributed by atoms with Crippen LogP contribution < -0.4 is 0 Å². The zero-order chi connectivity index (χ0) is 34.6. The minimum Gasteiger partial charge on any atom is -0.508 e. The maximum atomic E-state index is 10.7. The summed E-state index contributed by atoms with van der Waals surface area (Å²) >= 11 is 0. The Balaban J connectivity index is 1.51. The first kappa shape index (κ1) is 33.4. The molecule has 48 heavy (non-hydrogen) atoms. The summed E-state index contributed by atoms with van der Waals surface area (Å²) < 4.78 is 0. The number of hydrogen-bond donors (Lipinski definition) is 4. The van der Waals surface area contributed by atoms with E-state index in [9.17, 15) is 20.4 Å². The summed E-state index contributed by atoms with van der Waals surface area (Å²) in [5.41, 5.74) is 12.7. The molecule has 4 atom stereocenters. The third-order valence-corrected chi connectivity index (χ3v) is 10.9. The minimum absolute atomic E-state index is 0.0672. The van der Waals surface area contributed by atoms with Crippen LogP contribution in [0.2, 0.25) is 0 Å². The van der Waals surface area contributed by atoms with E-state index in [2.05, 4.69) is 75.4 Å². The predicted octanol–water partition coefficient (Wildman–Crippen LogP) is 10.1. The van der Waals surface area contributed by atoms with Gasteiger partial charge in [0.15, 0.2) is 0 Å². The number of aliphatic hydroxyl groups excluding tert-OH is 1. The van der Waals surface area contributed by atoms with E-state index in [1.807, 2.05) is 58.9 Å². The molecule has 0 saturated heterocycles. The van der Waals surface area contributed by atoms with E-state index in [-0.39, 0.29) is 23.7 Å². The molecule has 0 bridgehead atoms. The third kappa shape index (κ3) is 6.10. The average Bonchev–Trinajstić information content (AvgIpc) is 3.03. The molecule has 4 nitrogen and oxygen atoms in total. The normalized spacial score (nSPS) is 18.7. The molecule has 1 aliphatic rings. The van der Waals surface area contributed by atoms with E-state index in [1.54, 1.807) is 0 Å². The lowest BCUT2D eigenvalue weighted by molar-refractivity contribution is 0.132. The standard InChI is InChI=1S/C44H48O4/c1-23-17-39(45)27(5)13-35(23)43(36-14-28(6)40(46)18-24(36)2)33-11-9-32-22-34(12-10-31(32)21-33)44(37-15-29(7)41(47)19-25(37)3)38-16-30(8)42(48)20-26(38)4/h9-15,17-22,30,38,42-48H,16H2,1-8H3. The Morgan fingerprint density at radius 2 is 0.979 bits per heavy atom. The van der Waals surface area contributed by atoms with Crippen molar-refractivity contribution in [2.75, 3.05) is 0 Å². The van der Waals surface area contributed by atoms with Gasteiger partial charge >= 0.3 is 0 Å². The van der Waals surface area contributed by atoms with Gasteiger partial charge in [-0.2, -0.15) is 0 Å². The first-order valence-electron chi connectivity index (χ1n) is 17.0. The molecule has 1 aliphatic carbocycles. The predicted molar refractivity (Wildman–Crippen MR) is 197 cm³/mol. The number of benzene rings is 5. The van der Waals surface area contributed by atoms with E-state index in [1.165, 1.54) is 16.7 Å². The van der Waals surface area contributed by atoms with Crippen LogP contribution in [-0.4, -0.2) is 26.5 Å². The largest absolute Gasteiger partial charge is 0.508 e. The van der Waals surface area contributed by atoms with E-state index in [0.29, 0.717) is 17.2 Å². The van der Waals surface area contributed by atoms with Gasteiger partial charge in [-0.3, -0.25) is 0 Å². The summed E-state index contributed by atoms with van der Waals surface area (Å²) in [5.74, 6) is 1.24. The Morgan fingerprint density at radius 1 is 0.542 bits per heavy atom. The highest BCUT2D eigenvalue weighted by molar-refractivity contribution is 5.85. The highest BCUT2D eigenvalue weighted by Crippen LogP contribution is 2.46. The second-order valence-electron chi connectivity index (χ2n) is 14.5. The lowest BCUT2D eigenvalue weighted by atomic mass is 9.68. The molecule has 5 aromatic carbocycles. The number of phenols is 3. The number of phenolic OH excluding ortho intramolecular Hbond substituents is 3. The third-order valence-electron chi connectivity index (χ3n) is 10.9. The molecule has 6 rings (SSSR count). The van der Waals surface area contributed by atoms with E-state index >= 15 is 0 Å². The van der Waals surface area contributed by atoms with E-state index < -0.39 is 6.10 Å².